The third-order valence-electron chi connectivity index (χ3n) is 2.28. The summed E-state index contributed by atoms with van der Waals surface area (Å²) >= 11 is 9.56. The lowest BCUT2D eigenvalue weighted by Gasteiger charge is -2.09. The standard InChI is InChI=1S/C11H11BrClN3/c12-8-1-2-11(10(13)5-8)16-7-15-6-9(16)3-4-14/h1-2,5-7H,3-4,14H2. The van der Waals surface area contributed by atoms with Gasteiger partial charge in [0, 0.05) is 22.8 Å². The van der Waals surface area contributed by atoms with E-state index < -0.39 is 0 Å². The number of benzene rings is 1. The van der Waals surface area contributed by atoms with Gasteiger partial charge in [0.15, 0.2) is 0 Å². The van der Waals surface area contributed by atoms with Crippen molar-refractivity contribution < 1.29 is 0 Å². The van der Waals surface area contributed by atoms with Gasteiger partial charge in [0.25, 0.3) is 0 Å². The molecule has 2 N–H and O–H groups in total. The predicted molar refractivity (Wildman–Crippen MR) is 69.0 cm³/mol. The third-order valence-corrected chi connectivity index (χ3v) is 3.08. The number of rotatable bonds is 3. The number of nitrogens with zero attached hydrogens (tertiary/aromatic N) is 2. The lowest BCUT2D eigenvalue weighted by atomic mass is 10.3. The normalized spacial score (nSPS) is 10.7. The molecule has 0 aliphatic carbocycles. The smallest absolute Gasteiger partial charge is 0.0994 e. The summed E-state index contributed by atoms with van der Waals surface area (Å²) in [4.78, 5) is 4.12. The molecule has 0 aliphatic rings. The Balaban J connectivity index is 2.46. The Morgan fingerprint density at radius 3 is 2.94 bits per heavy atom. The van der Waals surface area contributed by atoms with Crippen molar-refractivity contribution in [3.63, 3.8) is 0 Å². The maximum absolute atomic E-state index is 6.18. The van der Waals surface area contributed by atoms with E-state index in [0.717, 1.165) is 22.3 Å². The van der Waals surface area contributed by atoms with Gasteiger partial charge in [-0.15, -0.1) is 0 Å². The van der Waals surface area contributed by atoms with Crippen molar-refractivity contribution in [3.8, 4) is 5.69 Å². The van der Waals surface area contributed by atoms with Crippen LogP contribution in [-0.4, -0.2) is 16.1 Å². The first-order chi connectivity index (χ1) is 7.72. The number of imidazole rings is 1. The molecule has 16 heavy (non-hydrogen) atoms. The van der Waals surface area contributed by atoms with E-state index in [1.165, 1.54) is 0 Å². The van der Waals surface area contributed by atoms with Gasteiger partial charge in [-0.1, -0.05) is 27.5 Å². The van der Waals surface area contributed by atoms with E-state index in [4.69, 9.17) is 17.3 Å². The van der Waals surface area contributed by atoms with Crippen molar-refractivity contribution in [2.24, 2.45) is 5.73 Å². The van der Waals surface area contributed by atoms with Crippen LogP contribution in [0.3, 0.4) is 0 Å². The number of hydrogen-bond acceptors (Lipinski definition) is 2. The van der Waals surface area contributed by atoms with Crippen LogP contribution in [0.5, 0.6) is 0 Å². The average molecular weight is 301 g/mol. The minimum atomic E-state index is 0.597. The van der Waals surface area contributed by atoms with Crippen LogP contribution in [0.2, 0.25) is 5.02 Å². The van der Waals surface area contributed by atoms with Gasteiger partial charge in [-0.25, -0.2) is 4.98 Å². The van der Waals surface area contributed by atoms with Crippen molar-refractivity contribution in [3.05, 3.63) is 45.9 Å². The molecule has 0 saturated heterocycles. The molecule has 5 heteroatoms. The molecule has 2 rings (SSSR count). The number of nitrogens with two attached hydrogens (primary N) is 1. The Hall–Kier alpha value is -0.840. The molecule has 0 spiro atoms. The van der Waals surface area contributed by atoms with E-state index in [2.05, 4.69) is 20.9 Å². The van der Waals surface area contributed by atoms with Gasteiger partial charge in [-0.3, -0.25) is 0 Å². The molecular formula is C11H11BrClN3. The molecule has 0 fully saturated rings. The van der Waals surface area contributed by atoms with E-state index in [1.54, 1.807) is 6.33 Å². The predicted octanol–water partition coefficient (Wildman–Crippen LogP) is 2.79. The van der Waals surface area contributed by atoms with Gasteiger partial charge in [0.1, 0.15) is 0 Å². The molecular weight excluding hydrogens is 289 g/mol. The summed E-state index contributed by atoms with van der Waals surface area (Å²) in [7, 11) is 0. The summed E-state index contributed by atoms with van der Waals surface area (Å²) in [5, 5.41) is 0.686. The maximum Gasteiger partial charge on any atom is 0.0994 e. The summed E-state index contributed by atoms with van der Waals surface area (Å²) in [6.45, 7) is 0.597. The summed E-state index contributed by atoms with van der Waals surface area (Å²) < 4.78 is 2.92. The van der Waals surface area contributed by atoms with Crippen molar-refractivity contribution in [2.75, 3.05) is 6.54 Å². The second-order valence-corrected chi connectivity index (χ2v) is 4.71. The molecule has 3 nitrogen and oxygen atoms in total. The van der Waals surface area contributed by atoms with E-state index in [1.807, 2.05) is 29.0 Å². The highest BCUT2D eigenvalue weighted by molar-refractivity contribution is 9.10. The summed E-state index contributed by atoms with van der Waals surface area (Å²) in [5.74, 6) is 0. The van der Waals surface area contributed by atoms with E-state index >= 15 is 0 Å². The Kier molecular flexibility index (Phi) is 3.63. The van der Waals surface area contributed by atoms with Crippen LogP contribution >= 0.6 is 27.5 Å². The highest BCUT2D eigenvalue weighted by atomic mass is 79.9. The van der Waals surface area contributed by atoms with Crippen LogP contribution in [-0.2, 0) is 6.42 Å². The van der Waals surface area contributed by atoms with Crippen molar-refractivity contribution >= 4 is 27.5 Å². The summed E-state index contributed by atoms with van der Waals surface area (Å²) in [6.07, 6.45) is 4.34. The SMILES string of the molecule is NCCc1cncn1-c1ccc(Br)cc1Cl. The number of halogens is 2. The summed E-state index contributed by atoms with van der Waals surface area (Å²) in [5.41, 5.74) is 7.53. The zero-order valence-electron chi connectivity index (χ0n) is 8.53. The zero-order chi connectivity index (χ0) is 11.5. The molecule has 0 bridgehead atoms. The van der Waals surface area contributed by atoms with Gasteiger partial charge < -0.3 is 10.3 Å². The first kappa shape index (κ1) is 11.6. The Morgan fingerprint density at radius 1 is 1.44 bits per heavy atom. The van der Waals surface area contributed by atoms with Crippen LogP contribution in [0.1, 0.15) is 5.69 Å². The molecule has 2 aromatic rings. The molecule has 1 aromatic heterocycles. The third kappa shape index (κ3) is 2.29. The Morgan fingerprint density at radius 2 is 2.25 bits per heavy atom. The van der Waals surface area contributed by atoms with E-state index in [9.17, 15) is 0 Å². The Bertz CT molecular complexity index is 496. The molecule has 84 valence electrons. The second-order valence-electron chi connectivity index (χ2n) is 3.39. The Labute approximate surface area is 107 Å². The molecule has 0 amide bonds. The van der Waals surface area contributed by atoms with Crippen LogP contribution < -0.4 is 5.73 Å². The minimum absolute atomic E-state index is 0.597. The first-order valence-corrected chi connectivity index (χ1v) is 6.06. The first-order valence-electron chi connectivity index (χ1n) is 4.89. The van der Waals surface area contributed by atoms with Crippen LogP contribution in [0.4, 0.5) is 0 Å². The molecule has 1 heterocycles. The van der Waals surface area contributed by atoms with Gasteiger partial charge in [0.2, 0.25) is 0 Å². The average Bonchev–Trinajstić information content (AvgIpc) is 2.67. The molecule has 1 aromatic carbocycles. The molecule has 0 aliphatic heterocycles. The lowest BCUT2D eigenvalue weighted by molar-refractivity contribution is 0.873. The van der Waals surface area contributed by atoms with Gasteiger partial charge >= 0.3 is 0 Å². The lowest BCUT2D eigenvalue weighted by Crippen LogP contribution is -2.07. The quantitative estimate of drug-likeness (QED) is 0.947. The van der Waals surface area contributed by atoms with Crippen LogP contribution in [0.15, 0.2) is 35.2 Å². The van der Waals surface area contributed by atoms with Crippen molar-refractivity contribution in [2.45, 2.75) is 6.42 Å². The topological polar surface area (TPSA) is 43.8 Å². The van der Waals surface area contributed by atoms with Crippen LogP contribution in [0, 0.1) is 0 Å². The summed E-state index contributed by atoms with van der Waals surface area (Å²) in [6, 6.07) is 5.77. The largest absolute Gasteiger partial charge is 0.330 e. The number of aromatic nitrogens is 2. The fourth-order valence-electron chi connectivity index (χ4n) is 1.55. The second kappa shape index (κ2) is 4.99. The fourth-order valence-corrected chi connectivity index (χ4v) is 2.31. The fraction of sp³-hybridized carbons (Fsp3) is 0.182. The monoisotopic (exact) mass is 299 g/mol. The maximum atomic E-state index is 6.18. The number of hydrogen-bond donors (Lipinski definition) is 1. The molecule has 0 unspecified atom stereocenters. The molecule has 0 atom stereocenters. The van der Waals surface area contributed by atoms with Gasteiger partial charge in [-0.2, -0.15) is 0 Å². The molecule has 0 saturated carbocycles. The van der Waals surface area contributed by atoms with Crippen molar-refractivity contribution in [1.82, 2.24) is 9.55 Å². The van der Waals surface area contributed by atoms with E-state index in [-0.39, 0.29) is 0 Å². The van der Waals surface area contributed by atoms with Gasteiger partial charge in [0.05, 0.1) is 17.0 Å². The van der Waals surface area contributed by atoms with Crippen molar-refractivity contribution in [1.29, 1.82) is 0 Å². The highest BCUT2D eigenvalue weighted by Crippen LogP contribution is 2.25. The highest BCUT2D eigenvalue weighted by Gasteiger charge is 2.07. The zero-order valence-corrected chi connectivity index (χ0v) is 10.9. The van der Waals surface area contributed by atoms with Gasteiger partial charge in [-0.05, 0) is 24.7 Å². The minimum Gasteiger partial charge on any atom is -0.330 e. The van der Waals surface area contributed by atoms with Crippen LogP contribution in [0.25, 0.3) is 5.69 Å². The van der Waals surface area contributed by atoms with E-state index in [0.29, 0.717) is 11.6 Å². The molecule has 0 radical (unpaired) electrons.